The minimum Gasteiger partial charge on any atom is -0.385 e. The van der Waals surface area contributed by atoms with Gasteiger partial charge in [-0.15, -0.1) is 0 Å². The number of aryl methyl sites for hydroxylation is 1. The van der Waals surface area contributed by atoms with Crippen LogP contribution >= 0.6 is 0 Å². The summed E-state index contributed by atoms with van der Waals surface area (Å²) in [6.45, 7) is 2.93. The Labute approximate surface area is 112 Å². The van der Waals surface area contributed by atoms with Gasteiger partial charge in [0, 0.05) is 33.0 Å². The molecule has 2 N–H and O–H groups in total. The van der Waals surface area contributed by atoms with Crippen LogP contribution in [-0.2, 0) is 9.53 Å². The van der Waals surface area contributed by atoms with Crippen LogP contribution in [0.15, 0.2) is 6.20 Å². The smallest absolute Gasteiger partial charge is 0.257 e. The maximum Gasteiger partial charge on any atom is 0.257 e. The Balaban J connectivity index is 2.38. The normalized spacial score (nSPS) is 10.3. The number of rotatable bonds is 7. The van der Waals surface area contributed by atoms with E-state index in [-0.39, 0.29) is 18.4 Å². The van der Waals surface area contributed by atoms with Gasteiger partial charge in [-0.3, -0.25) is 14.7 Å². The van der Waals surface area contributed by atoms with Gasteiger partial charge in [0.2, 0.25) is 5.91 Å². The summed E-state index contributed by atoms with van der Waals surface area (Å²) < 4.78 is 4.88. The molecule has 1 aromatic heterocycles. The summed E-state index contributed by atoms with van der Waals surface area (Å²) >= 11 is 0. The second-order valence-electron chi connectivity index (χ2n) is 4.27. The zero-order valence-electron chi connectivity index (χ0n) is 11.5. The monoisotopic (exact) mass is 268 g/mol. The van der Waals surface area contributed by atoms with Crippen molar-refractivity contribution in [1.29, 1.82) is 0 Å². The van der Waals surface area contributed by atoms with E-state index in [0.29, 0.717) is 24.4 Å². The predicted molar refractivity (Wildman–Crippen MR) is 69.8 cm³/mol. The Morgan fingerprint density at radius 2 is 2.26 bits per heavy atom. The van der Waals surface area contributed by atoms with Crippen molar-refractivity contribution in [2.45, 2.75) is 13.3 Å². The van der Waals surface area contributed by atoms with Gasteiger partial charge in [0.1, 0.15) is 0 Å². The van der Waals surface area contributed by atoms with Crippen LogP contribution in [-0.4, -0.2) is 60.8 Å². The van der Waals surface area contributed by atoms with Crippen LogP contribution in [0.5, 0.6) is 0 Å². The van der Waals surface area contributed by atoms with Gasteiger partial charge in [-0.1, -0.05) is 0 Å². The molecule has 1 rings (SSSR count). The molecule has 7 nitrogen and oxygen atoms in total. The van der Waals surface area contributed by atoms with Gasteiger partial charge < -0.3 is 15.0 Å². The number of H-pyrrole nitrogens is 1. The number of methoxy groups -OCH3 is 1. The first-order valence-corrected chi connectivity index (χ1v) is 6.07. The van der Waals surface area contributed by atoms with Crippen molar-refractivity contribution in [1.82, 2.24) is 20.4 Å². The number of aromatic nitrogens is 2. The van der Waals surface area contributed by atoms with Crippen LogP contribution < -0.4 is 5.32 Å². The molecule has 0 radical (unpaired) electrons. The quantitative estimate of drug-likeness (QED) is 0.678. The molecule has 0 aromatic carbocycles. The fraction of sp³-hybridized carbons (Fsp3) is 0.583. The van der Waals surface area contributed by atoms with Crippen molar-refractivity contribution in [3.8, 4) is 0 Å². The Kier molecular flexibility index (Phi) is 6.01. The molecule has 0 aliphatic carbocycles. The Bertz CT molecular complexity index is 430. The van der Waals surface area contributed by atoms with Gasteiger partial charge in [-0.25, -0.2) is 0 Å². The number of ether oxygens (including phenoxy) is 1. The molecule has 0 spiro atoms. The van der Waals surface area contributed by atoms with E-state index in [9.17, 15) is 9.59 Å². The standard InChI is InChI=1S/C12H20N4O3/c1-9-10(7-14-15-9)12(18)16(2)8-11(17)13-5-4-6-19-3/h7H,4-6,8H2,1-3H3,(H,13,17)(H,14,15). The topological polar surface area (TPSA) is 87.3 Å². The van der Waals surface area contributed by atoms with Crippen molar-refractivity contribution >= 4 is 11.8 Å². The van der Waals surface area contributed by atoms with E-state index in [1.54, 1.807) is 21.1 Å². The van der Waals surface area contributed by atoms with Gasteiger partial charge in [-0.2, -0.15) is 5.10 Å². The van der Waals surface area contributed by atoms with Crippen LogP contribution in [0.3, 0.4) is 0 Å². The Morgan fingerprint density at radius 1 is 1.53 bits per heavy atom. The molecule has 0 fully saturated rings. The number of amides is 2. The third-order valence-corrected chi connectivity index (χ3v) is 2.64. The van der Waals surface area contributed by atoms with Crippen LogP contribution in [0.4, 0.5) is 0 Å². The van der Waals surface area contributed by atoms with E-state index in [1.807, 2.05) is 0 Å². The van der Waals surface area contributed by atoms with E-state index >= 15 is 0 Å². The van der Waals surface area contributed by atoms with E-state index in [4.69, 9.17) is 4.74 Å². The van der Waals surface area contributed by atoms with E-state index in [1.165, 1.54) is 11.1 Å². The fourth-order valence-electron chi connectivity index (χ4n) is 1.56. The van der Waals surface area contributed by atoms with E-state index in [2.05, 4.69) is 15.5 Å². The number of hydrogen-bond acceptors (Lipinski definition) is 4. The van der Waals surface area contributed by atoms with Crippen molar-refractivity contribution < 1.29 is 14.3 Å². The average Bonchev–Trinajstić information content (AvgIpc) is 2.80. The number of carbonyl (C=O) groups excluding carboxylic acids is 2. The molecule has 7 heteroatoms. The second kappa shape index (κ2) is 7.52. The third kappa shape index (κ3) is 4.70. The number of nitrogens with one attached hydrogen (secondary N) is 2. The first-order chi connectivity index (χ1) is 9.06. The molecule has 0 aliphatic rings. The molecule has 0 saturated carbocycles. The van der Waals surface area contributed by atoms with Crippen molar-refractivity contribution in [2.75, 3.05) is 33.9 Å². The minimum atomic E-state index is -0.224. The van der Waals surface area contributed by atoms with E-state index in [0.717, 1.165) is 6.42 Å². The first-order valence-electron chi connectivity index (χ1n) is 6.07. The number of hydrogen-bond donors (Lipinski definition) is 2. The maximum atomic E-state index is 12.0. The zero-order valence-corrected chi connectivity index (χ0v) is 11.5. The maximum absolute atomic E-state index is 12.0. The highest BCUT2D eigenvalue weighted by molar-refractivity contribution is 5.96. The molecule has 0 unspecified atom stereocenters. The summed E-state index contributed by atoms with van der Waals surface area (Å²) in [5, 5.41) is 9.21. The van der Waals surface area contributed by atoms with E-state index < -0.39 is 0 Å². The number of aromatic amines is 1. The molecule has 0 bridgehead atoms. The van der Waals surface area contributed by atoms with Gasteiger partial charge in [0.05, 0.1) is 18.3 Å². The Hall–Kier alpha value is -1.89. The number of carbonyl (C=O) groups is 2. The number of nitrogens with zero attached hydrogens (tertiary/aromatic N) is 2. The second-order valence-corrected chi connectivity index (χ2v) is 4.27. The molecular weight excluding hydrogens is 248 g/mol. The van der Waals surface area contributed by atoms with Crippen molar-refractivity contribution in [3.05, 3.63) is 17.5 Å². The van der Waals surface area contributed by atoms with Crippen LogP contribution in [0.2, 0.25) is 0 Å². The lowest BCUT2D eigenvalue weighted by atomic mass is 10.2. The lowest BCUT2D eigenvalue weighted by Crippen LogP contribution is -2.38. The highest BCUT2D eigenvalue weighted by atomic mass is 16.5. The fourth-order valence-corrected chi connectivity index (χ4v) is 1.56. The first kappa shape index (κ1) is 15.2. The summed E-state index contributed by atoms with van der Waals surface area (Å²) in [4.78, 5) is 25.0. The number of likely N-dealkylation sites (N-methyl/N-ethyl adjacent to an activating group) is 1. The lowest BCUT2D eigenvalue weighted by Gasteiger charge is -2.16. The Morgan fingerprint density at radius 3 is 2.84 bits per heavy atom. The van der Waals surface area contributed by atoms with Gasteiger partial charge in [0.15, 0.2) is 0 Å². The molecule has 106 valence electrons. The summed E-state index contributed by atoms with van der Waals surface area (Å²) in [6.07, 6.45) is 2.21. The minimum absolute atomic E-state index is 0.0242. The van der Waals surface area contributed by atoms with Crippen molar-refractivity contribution in [3.63, 3.8) is 0 Å². The molecular formula is C12H20N4O3. The molecule has 0 atom stereocenters. The van der Waals surface area contributed by atoms with Crippen LogP contribution in [0, 0.1) is 6.92 Å². The molecule has 0 aliphatic heterocycles. The molecule has 2 amide bonds. The predicted octanol–water partition coefficient (Wildman–Crippen LogP) is -0.0572. The van der Waals surface area contributed by atoms with Gasteiger partial charge >= 0.3 is 0 Å². The molecule has 1 heterocycles. The molecule has 0 saturated heterocycles. The third-order valence-electron chi connectivity index (χ3n) is 2.64. The van der Waals surface area contributed by atoms with Crippen LogP contribution in [0.1, 0.15) is 22.5 Å². The zero-order chi connectivity index (χ0) is 14.3. The molecule has 19 heavy (non-hydrogen) atoms. The molecule has 1 aromatic rings. The SMILES string of the molecule is COCCCNC(=O)CN(C)C(=O)c1cn[nH]c1C. The van der Waals surface area contributed by atoms with Crippen molar-refractivity contribution in [2.24, 2.45) is 0 Å². The average molecular weight is 268 g/mol. The highest BCUT2D eigenvalue weighted by Crippen LogP contribution is 2.05. The van der Waals surface area contributed by atoms with Crippen LogP contribution in [0.25, 0.3) is 0 Å². The highest BCUT2D eigenvalue weighted by Gasteiger charge is 2.17. The van der Waals surface area contributed by atoms with Gasteiger partial charge in [0.25, 0.3) is 5.91 Å². The summed E-state index contributed by atoms with van der Waals surface area (Å²) in [7, 11) is 3.20. The largest absolute Gasteiger partial charge is 0.385 e. The lowest BCUT2D eigenvalue weighted by molar-refractivity contribution is -0.121. The summed E-state index contributed by atoms with van der Waals surface area (Å²) in [5.74, 6) is -0.411. The summed E-state index contributed by atoms with van der Waals surface area (Å²) in [6, 6.07) is 0. The summed E-state index contributed by atoms with van der Waals surface area (Å²) in [5.41, 5.74) is 1.17. The van der Waals surface area contributed by atoms with Gasteiger partial charge in [-0.05, 0) is 13.3 Å².